The van der Waals surface area contributed by atoms with Gasteiger partial charge in [0.15, 0.2) is 6.29 Å². The highest BCUT2D eigenvalue weighted by Gasteiger charge is 2.25. The van der Waals surface area contributed by atoms with Gasteiger partial charge in [-0.2, -0.15) is 0 Å². The number of halogens is 1. The number of rotatable bonds is 3. The van der Waals surface area contributed by atoms with Crippen LogP contribution in [-0.2, 0) is 16.0 Å². The summed E-state index contributed by atoms with van der Waals surface area (Å²) < 4.78 is 12.3. The van der Waals surface area contributed by atoms with E-state index < -0.39 is 5.69 Å². The average molecular weight is 305 g/mol. The topological polar surface area (TPSA) is 73.3 Å². The minimum absolute atomic E-state index is 0.166. The van der Waals surface area contributed by atoms with Crippen molar-refractivity contribution in [2.45, 2.75) is 25.9 Å². The predicted molar refractivity (Wildman–Crippen MR) is 64.5 cm³/mol. The zero-order valence-electron chi connectivity index (χ0n) is 9.31. The predicted octanol–water partition coefficient (Wildman–Crippen LogP) is -0.0186. The minimum atomic E-state index is -0.425. The molecular formula is C10H13BrN2O4. The van der Waals surface area contributed by atoms with Crippen LogP contribution in [0.25, 0.3) is 0 Å². The summed E-state index contributed by atoms with van der Waals surface area (Å²) in [5.74, 6) is 0. The largest absolute Gasteiger partial charge is 0.349 e. The minimum Gasteiger partial charge on any atom is -0.349 e. The summed E-state index contributed by atoms with van der Waals surface area (Å²) in [5.41, 5.74) is -0.278. The summed E-state index contributed by atoms with van der Waals surface area (Å²) in [7, 11) is 0. The van der Waals surface area contributed by atoms with Crippen molar-refractivity contribution in [1.82, 2.24) is 9.55 Å². The zero-order valence-corrected chi connectivity index (χ0v) is 10.9. The molecule has 0 unspecified atom stereocenters. The fourth-order valence-corrected chi connectivity index (χ4v) is 2.00. The van der Waals surface area contributed by atoms with E-state index in [1.54, 1.807) is 6.92 Å². The zero-order chi connectivity index (χ0) is 12.4. The number of nitrogens with one attached hydrogen (secondary N) is 1. The van der Waals surface area contributed by atoms with Crippen molar-refractivity contribution in [2.24, 2.45) is 0 Å². The molecule has 0 saturated carbocycles. The Balaban J connectivity index is 2.12. The maximum atomic E-state index is 11.5. The maximum Gasteiger partial charge on any atom is 0.328 e. The molecule has 1 aliphatic heterocycles. The summed E-state index contributed by atoms with van der Waals surface area (Å²) in [5, 5.41) is 0.600. The Morgan fingerprint density at radius 2 is 2.35 bits per heavy atom. The molecule has 2 atom stereocenters. The molecule has 0 aromatic carbocycles. The summed E-state index contributed by atoms with van der Waals surface area (Å²) in [6, 6.07) is 0. The molecule has 1 aliphatic rings. The SMILES string of the molecule is Cc1cn(C[C@H]2CO[C@@H](CBr)O2)c(=O)[nH]c1=O. The Hall–Kier alpha value is -0.920. The van der Waals surface area contributed by atoms with Crippen LogP contribution < -0.4 is 11.2 Å². The number of ether oxygens (including phenoxy) is 2. The van der Waals surface area contributed by atoms with E-state index >= 15 is 0 Å². The number of aromatic amines is 1. The third kappa shape index (κ3) is 2.85. The van der Waals surface area contributed by atoms with Crippen molar-refractivity contribution < 1.29 is 9.47 Å². The van der Waals surface area contributed by atoms with Gasteiger partial charge in [0.25, 0.3) is 5.56 Å². The van der Waals surface area contributed by atoms with Crippen molar-refractivity contribution in [1.29, 1.82) is 0 Å². The van der Waals surface area contributed by atoms with Gasteiger partial charge in [0.05, 0.1) is 18.5 Å². The standard InChI is InChI=1S/C10H13BrN2O4/c1-6-3-13(10(15)12-9(6)14)4-7-5-16-8(2-11)17-7/h3,7-8H,2,4-5H2,1H3,(H,12,14,15)/t7-,8+/m0/s1. The number of hydrogen-bond acceptors (Lipinski definition) is 4. The molecule has 0 radical (unpaired) electrons. The molecule has 2 heterocycles. The van der Waals surface area contributed by atoms with Crippen molar-refractivity contribution in [3.8, 4) is 0 Å². The fourth-order valence-electron chi connectivity index (χ4n) is 1.66. The maximum absolute atomic E-state index is 11.5. The molecule has 1 aromatic rings. The van der Waals surface area contributed by atoms with Gasteiger partial charge in [-0.25, -0.2) is 4.79 Å². The molecular weight excluding hydrogens is 292 g/mol. The van der Waals surface area contributed by atoms with Crippen LogP contribution in [0.2, 0.25) is 0 Å². The van der Waals surface area contributed by atoms with Crippen LogP contribution in [0.15, 0.2) is 15.8 Å². The smallest absolute Gasteiger partial charge is 0.328 e. The summed E-state index contributed by atoms with van der Waals surface area (Å²) in [6.45, 7) is 2.48. The third-order valence-corrected chi connectivity index (χ3v) is 3.06. The highest BCUT2D eigenvalue weighted by molar-refractivity contribution is 9.09. The Morgan fingerprint density at radius 3 is 3.00 bits per heavy atom. The lowest BCUT2D eigenvalue weighted by Crippen LogP contribution is -2.34. The summed E-state index contributed by atoms with van der Waals surface area (Å²) in [4.78, 5) is 25.0. The van der Waals surface area contributed by atoms with Crippen LogP contribution in [0, 0.1) is 6.92 Å². The first-order valence-electron chi connectivity index (χ1n) is 5.23. The van der Waals surface area contributed by atoms with Gasteiger partial charge < -0.3 is 9.47 Å². The molecule has 0 amide bonds. The highest BCUT2D eigenvalue weighted by Crippen LogP contribution is 2.14. The van der Waals surface area contributed by atoms with Crippen LogP contribution in [0.3, 0.4) is 0 Å². The molecule has 1 saturated heterocycles. The van der Waals surface area contributed by atoms with Crippen LogP contribution >= 0.6 is 15.9 Å². The van der Waals surface area contributed by atoms with E-state index in [0.29, 0.717) is 24.0 Å². The van der Waals surface area contributed by atoms with Gasteiger partial charge in [-0.1, -0.05) is 15.9 Å². The first-order valence-corrected chi connectivity index (χ1v) is 6.35. The van der Waals surface area contributed by atoms with Crippen molar-refractivity contribution in [3.63, 3.8) is 0 Å². The second-order valence-corrected chi connectivity index (χ2v) is 4.55. The lowest BCUT2D eigenvalue weighted by molar-refractivity contribution is -0.0400. The molecule has 1 N–H and O–H groups in total. The van der Waals surface area contributed by atoms with Crippen LogP contribution in [0.4, 0.5) is 0 Å². The molecule has 2 rings (SSSR count). The number of aromatic nitrogens is 2. The molecule has 17 heavy (non-hydrogen) atoms. The van der Waals surface area contributed by atoms with E-state index in [0.717, 1.165) is 0 Å². The van der Waals surface area contributed by atoms with Gasteiger partial charge in [0.1, 0.15) is 6.10 Å². The number of nitrogens with zero attached hydrogens (tertiary/aromatic N) is 1. The van der Waals surface area contributed by atoms with E-state index in [1.165, 1.54) is 10.8 Å². The van der Waals surface area contributed by atoms with Crippen LogP contribution in [-0.4, -0.2) is 33.9 Å². The van der Waals surface area contributed by atoms with Crippen LogP contribution in [0.1, 0.15) is 5.56 Å². The first-order chi connectivity index (χ1) is 8.10. The van der Waals surface area contributed by atoms with Gasteiger partial charge >= 0.3 is 5.69 Å². The second kappa shape index (κ2) is 5.16. The van der Waals surface area contributed by atoms with Gasteiger partial charge in [-0.05, 0) is 6.92 Å². The summed E-state index contributed by atoms with van der Waals surface area (Å²) in [6.07, 6.45) is 1.10. The number of H-pyrrole nitrogens is 1. The van der Waals surface area contributed by atoms with Gasteiger partial charge in [-0.15, -0.1) is 0 Å². The molecule has 7 heteroatoms. The second-order valence-electron chi connectivity index (χ2n) is 3.90. The molecule has 1 aromatic heterocycles. The van der Waals surface area contributed by atoms with Crippen molar-refractivity contribution in [3.05, 3.63) is 32.6 Å². The van der Waals surface area contributed by atoms with E-state index in [9.17, 15) is 9.59 Å². The lowest BCUT2D eigenvalue weighted by atomic mass is 10.3. The monoisotopic (exact) mass is 304 g/mol. The van der Waals surface area contributed by atoms with E-state index in [2.05, 4.69) is 20.9 Å². The van der Waals surface area contributed by atoms with E-state index in [1.807, 2.05) is 0 Å². The summed E-state index contributed by atoms with van der Waals surface area (Å²) >= 11 is 3.26. The van der Waals surface area contributed by atoms with E-state index in [4.69, 9.17) is 9.47 Å². The Morgan fingerprint density at radius 1 is 1.59 bits per heavy atom. The molecule has 0 spiro atoms. The highest BCUT2D eigenvalue weighted by atomic mass is 79.9. The molecule has 1 fully saturated rings. The fraction of sp³-hybridized carbons (Fsp3) is 0.600. The van der Waals surface area contributed by atoms with E-state index in [-0.39, 0.29) is 18.0 Å². The lowest BCUT2D eigenvalue weighted by Gasteiger charge is -2.11. The molecule has 0 bridgehead atoms. The Labute approximate surface area is 106 Å². The normalized spacial score (nSPS) is 24.1. The quantitative estimate of drug-likeness (QED) is 0.797. The Kier molecular flexibility index (Phi) is 3.80. The van der Waals surface area contributed by atoms with Crippen molar-refractivity contribution >= 4 is 15.9 Å². The molecule has 0 aliphatic carbocycles. The van der Waals surface area contributed by atoms with Gasteiger partial charge in [-0.3, -0.25) is 14.3 Å². The first kappa shape index (κ1) is 12.5. The third-order valence-electron chi connectivity index (χ3n) is 2.53. The van der Waals surface area contributed by atoms with Crippen molar-refractivity contribution in [2.75, 3.05) is 11.9 Å². The number of alkyl halides is 1. The van der Waals surface area contributed by atoms with Gasteiger partial charge in [0.2, 0.25) is 0 Å². The number of aryl methyl sites for hydroxylation is 1. The molecule has 6 nitrogen and oxygen atoms in total. The van der Waals surface area contributed by atoms with Gasteiger partial charge in [0, 0.05) is 11.8 Å². The number of hydrogen-bond donors (Lipinski definition) is 1. The molecule has 94 valence electrons. The van der Waals surface area contributed by atoms with Crippen LogP contribution in [0.5, 0.6) is 0 Å². The Bertz CT molecular complexity index is 510. The average Bonchev–Trinajstić information content (AvgIpc) is 2.73.